The average molecular weight is 483 g/mol. The SMILES string of the molecule is CC.CC(C)CC[C@H](O)[C@@H](C)C1CCC2[C@@H]3CC=C4C[C@@H](O)CC[C@]4(C)C3CC[C@@]21C.CCC.[HH].[HH].[HH]. The van der Waals surface area contributed by atoms with Crippen molar-refractivity contribution in [2.24, 2.45) is 46.3 Å². The fourth-order valence-electron chi connectivity index (χ4n) is 8.58. The third-order valence-electron chi connectivity index (χ3n) is 10.4. The number of aliphatic hydroxyl groups is 2. The first-order chi connectivity index (χ1) is 16.1. The van der Waals surface area contributed by atoms with Crippen LogP contribution >= 0.6 is 0 Å². The van der Waals surface area contributed by atoms with Gasteiger partial charge >= 0.3 is 0 Å². The van der Waals surface area contributed by atoms with Gasteiger partial charge in [0.05, 0.1) is 12.2 Å². The van der Waals surface area contributed by atoms with Gasteiger partial charge in [0, 0.05) is 4.28 Å². The maximum absolute atomic E-state index is 11.0. The summed E-state index contributed by atoms with van der Waals surface area (Å²) in [6.07, 6.45) is 15.4. The highest BCUT2D eigenvalue weighted by Gasteiger charge is 2.59. The van der Waals surface area contributed by atoms with Gasteiger partial charge in [-0.25, -0.2) is 0 Å². The maximum atomic E-state index is 11.0. The van der Waals surface area contributed by atoms with E-state index in [1.807, 2.05) is 13.8 Å². The molecule has 4 aliphatic carbocycles. The predicted molar refractivity (Wildman–Crippen MR) is 154 cm³/mol. The Labute approximate surface area is 217 Å². The van der Waals surface area contributed by atoms with E-state index in [4.69, 9.17) is 0 Å². The van der Waals surface area contributed by atoms with Crippen LogP contribution in [0.2, 0.25) is 0 Å². The Kier molecular flexibility index (Phi) is 11.2. The minimum Gasteiger partial charge on any atom is -0.393 e. The highest BCUT2D eigenvalue weighted by molar-refractivity contribution is 5.25. The van der Waals surface area contributed by atoms with E-state index < -0.39 is 0 Å². The summed E-state index contributed by atoms with van der Waals surface area (Å²) in [5, 5.41) is 21.2. The van der Waals surface area contributed by atoms with Gasteiger partial charge in [-0.3, -0.25) is 0 Å². The molecular formula is C32H66O2. The number of aliphatic hydroxyl groups excluding tert-OH is 2. The summed E-state index contributed by atoms with van der Waals surface area (Å²) < 4.78 is 0. The molecule has 3 saturated carbocycles. The molecule has 0 heterocycles. The molecule has 3 fully saturated rings. The van der Waals surface area contributed by atoms with Crippen molar-refractivity contribution in [3.05, 3.63) is 11.6 Å². The number of rotatable bonds is 5. The molecule has 0 spiro atoms. The monoisotopic (exact) mass is 483 g/mol. The molecule has 34 heavy (non-hydrogen) atoms. The van der Waals surface area contributed by atoms with Crippen molar-refractivity contribution in [2.75, 3.05) is 0 Å². The van der Waals surface area contributed by atoms with Crippen LogP contribution in [0.5, 0.6) is 0 Å². The third kappa shape index (κ3) is 5.96. The lowest BCUT2D eigenvalue weighted by molar-refractivity contribution is -0.0681. The van der Waals surface area contributed by atoms with Crippen LogP contribution in [-0.4, -0.2) is 22.4 Å². The van der Waals surface area contributed by atoms with Crippen molar-refractivity contribution in [1.82, 2.24) is 0 Å². The Balaban J connectivity index is 0. The Hall–Kier alpha value is -0.340. The van der Waals surface area contributed by atoms with E-state index in [9.17, 15) is 10.2 Å². The summed E-state index contributed by atoms with van der Waals surface area (Å²) in [6, 6.07) is 0. The average Bonchev–Trinajstić information content (AvgIpc) is 3.16. The Morgan fingerprint density at radius 3 is 2.24 bits per heavy atom. The van der Waals surface area contributed by atoms with Crippen LogP contribution in [0, 0.1) is 46.3 Å². The first kappa shape index (κ1) is 29.9. The second-order valence-electron chi connectivity index (χ2n) is 13.0. The Morgan fingerprint density at radius 2 is 1.62 bits per heavy atom. The molecule has 0 aliphatic heterocycles. The van der Waals surface area contributed by atoms with Gasteiger partial charge in [0.15, 0.2) is 0 Å². The fraction of sp³-hybridized carbons (Fsp3) is 0.938. The van der Waals surface area contributed by atoms with E-state index in [-0.39, 0.29) is 16.5 Å². The fourth-order valence-corrected chi connectivity index (χ4v) is 8.58. The van der Waals surface area contributed by atoms with Gasteiger partial charge in [0.25, 0.3) is 0 Å². The van der Waals surface area contributed by atoms with E-state index in [2.05, 4.69) is 54.5 Å². The predicted octanol–water partition coefficient (Wildman–Crippen LogP) is 9.54. The quantitative estimate of drug-likeness (QED) is 0.383. The van der Waals surface area contributed by atoms with E-state index >= 15 is 0 Å². The normalized spacial score (nSPS) is 40.4. The largest absolute Gasteiger partial charge is 0.393 e. The number of fused-ring (bicyclic) bond motifs is 5. The van der Waals surface area contributed by atoms with E-state index in [0.717, 1.165) is 43.4 Å². The second kappa shape index (κ2) is 12.8. The lowest BCUT2D eigenvalue weighted by atomic mass is 9.47. The molecule has 2 nitrogen and oxygen atoms in total. The van der Waals surface area contributed by atoms with Crippen LogP contribution in [-0.2, 0) is 0 Å². The Bertz CT molecular complexity index is 654. The van der Waals surface area contributed by atoms with Gasteiger partial charge in [-0.05, 0) is 111 Å². The number of hydrogen-bond donors (Lipinski definition) is 2. The molecule has 206 valence electrons. The summed E-state index contributed by atoms with van der Waals surface area (Å²) in [6.45, 7) is 20.2. The molecule has 2 heteroatoms. The minimum atomic E-state index is -0.133. The van der Waals surface area contributed by atoms with Crippen molar-refractivity contribution in [2.45, 2.75) is 145 Å². The van der Waals surface area contributed by atoms with E-state index in [0.29, 0.717) is 28.6 Å². The second-order valence-corrected chi connectivity index (χ2v) is 13.0. The summed E-state index contributed by atoms with van der Waals surface area (Å²) >= 11 is 0. The topological polar surface area (TPSA) is 40.5 Å². The van der Waals surface area contributed by atoms with E-state index in [1.54, 1.807) is 5.57 Å². The molecular weight excluding hydrogens is 416 g/mol. The van der Waals surface area contributed by atoms with Gasteiger partial charge < -0.3 is 10.2 Å². The molecule has 4 rings (SSSR count). The first-order valence-electron chi connectivity index (χ1n) is 15.1. The van der Waals surface area contributed by atoms with Crippen LogP contribution < -0.4 is 0 Å². The highest BCUT2D eigenvalue weighted by atomic mass is 16.3. The van der Waals surface area contributed by atoms with Crippen LogP contribution in [0.1, 0.15) is 137 Å². The molecule has 0 aromatic heterocycles. The molecule has 3 unspecified atom stereocenters. The van der Waals surface area contributed by atoms with Crippen molar-refractivity contribution >= 4 is 0 Å². The molecule has 0 amide bonds. The molecule has 0 aromatic rings. The molecule has 0 aromatic carbocycles. The number of hydrogen-bond acceptors (Lipinski definition) is 2. The van der Waals surface area contributed by atoms with Crippen molar-refractivity contribution in [3.63, 3.8) is 0 Å². The Morgan fingerprint density at radius 1 is 0.971 bits per heavy atom. The van der Waals surface area contributed by atoms with Gasteiger partial charge in [0.1, 0.15) is 0 Å². The van der Waals surface area contributed by atoms with Crippen LogP contribution in [0.3, 0.4) is 0 Å². The maximum Gasteiger partial charge on any atom is 0.0577 e. The van der Waals surface area contributed by atoms with Crippen LogP contribution in [0.4, 0.5) is 0 Å². The molecule has 2 N–H and O–H groups in total. The lowest BCUT2D eigenvalue weighted by Gasteiger charge is -2.58. The van der Waals surface area contributed by atoms with Gasteiger partial charge in [-0.2, -0.15) is 0 Å². The zero-order chi connectivity index (χ0) is 25.7. The summed E-state index contributed by atoms with van der Waals surface area (Å²) in [5.74, 6) is 4.25. The summed E-state index contributed by atoms with van der Waals surface area (Å²) in [5.41, 5.74) is 2.33. The van der Waals surface area contributed by atoms with Crippen molar-refractivity contribution in [1.29, 1.82) is 0 Å². The van der Waals surface area contributed by atoms with Gasteiger partial charge in [-0.15, -0.1) is 0 Å². The number of allylic oxidation sites excluding steroid dienone is 1. The molecule has 0 radical (unpaired) electrons. The van der Waals surface area contributed by atoms with Gasteiger partial charge in [-0.1, -0.05) is 80.4 Å². The van der Waals surface area contributed by atoms with Crippen LogP contribution in [0.15, 0.2) is 11.6 Å². The van der Waals surface area contributed by atoms with Crippen LogP contribution in [0.25, 0.3) is 0 Å². The van der Waals surface area contributed by atoms with Crippen molar-refractivity contribution < 1.29 is 14.5 Å². The van der Waals surface area contributed by atoms with Crippen molar-refractivity contribution in [3.8, 4) is 0 Å². The molecule has 9 atom stereocenters. The summed E-state index contributed by atoms with van der Waals surface area (Å²) in [7, 11) is 0. The highest BCUT2D eigenvalue weighted by Crippen LogP contribution is 2.67. The zero-order valence-electron chi connectivity index (χ0n) is 24.4. The molecule has 0 saturated heterocycles. The standard InChI is InChI=1S/C27H46O2.C3H8.C2H6.3H2/c1-17(2)6-11-25(29)18(3)22-9-10-23-21-8-7-19-16-20(28)12-14-26(19,4)24(21)13-15-27(22,23)5;1-3-2;1-2;;;/h7,17-18,20-25,28-29H,6,8-16H2,1-5H3;3H2,1-2H3;1-2H3;3*1H/t18-,20-,21-,22?,23?,24?,25-,26-,27+;;;;;/m0...../s1. The first-order valence-corrected chi connectivity index (χ1v) is 15.1. The molecule has 0 bridgehead atoms. The van der Waals surface area contributed by atoms with E-state index in [1.165, 1.54) is 44.9 Å². The summed E-state index contributed by atoms with van der Waals surface area (Å²) in [4.78, 5) is 0. The third-order valence-corrected chi connectivity index (χ3v) is 10.4. The zero-order valence-corrected chi connectivity index (χ0v) is 24.4. The smallest absolute Gasteiger partial charge is 0.0577 e. The molecule has 4 aliphatic rings. The lowest BCUT2D eigenvalue weighted by Crippen LogP contribution is -2.51. The minimum absolute atomic E-state index is 0. The van der Waals surface area contributed by atoms with Gasteiger partial charge in [0.2, 0.25) is 0 Å².